The average molecular weight is 342 g/mol. The van der Waals surface area contributed by atoms with Gasteiger partial charge in [-0.25, -0.2) is 4.39 Å². The van der Waals surface area contributed by atoms with Gasteiger partial charge in [-0.05, 0) is 36.5 Å². The van der Waals surface area contributed by atoms with Crippen molar-refractivity contribution in [1.82, 2.24) is 0 Å². The second-order valence-electron chi connectivity index (χ2n) is 5.65. The Morgan fingerprint density at radius 1 is 1.14 bits per heavy atom. The van der Waals surface area contributed by atoms with Crippen molar-refractivity contribution in [3.63, 3.8) is 0 Å². The van der Waals surface area contributed by atoms with Gasteiger partial charge in [0.15, 0.2) is 0 Å². The molecule has 22 heavy (non-hydrogen) atoms. The summed E-state index contributed by atoms with van der Waals surface area (Å²) in [5.41, 5.74) is 4.78. The minimum atomic E-state index is -4.73. The summed E-state index contributed by atoms with van der Waals surface area (Å²) in [6.07, 6.45) is -0.759. The molecule has 0 spiro atoms. The zero-order chi connectivity index (χ0) is 15.6. The van der Waals surface area contributed by atoms with Gasteiger partial charge in [-0.3, -0.25) is 0 Å². The van der Waals surface area contributed by atoms with Crippen LogP contribution in [-0.4, -0.2) is 11.2 Å². The number of aliphatic hydroxyl groups is 1. The number of rotatable bonds is 3. The topological polar surface area (TPSA) is 46.2 Å². The van der Waals surface area contributed by atoms with Crippen LogP contribution in [0.5, 0.6) is 0 Å². The summed E-state index contributed by atoms with van der Waals surface area (Å²) in [5, 5.41) is 10.2. The van der Waals surface area contributed by atoms with E-state index in [-0.39, 0.29) is 23.9 Å². The van der Waals surface area contributed by atoms with Crippen molar-refractivity contribution >= 4 is 12.4 Å². The monoisotopic (exact) mass is 341 g/mol. The molecular formula is C15H20ClF4NO. The summed E-state index contributed by atoms with van der Waals surface area (Å²) >= 11 is 0. The van der Waals surface area contributed by atoms with E-state index < -0.39 is 29.7 Å². The fourth-order valence-electron chi connectivity index (χ4n) is 2.93. The third-order valence-corrected chi connectivity index (χ3v) is 4.18. The third kappa shape index (κ3) is 4.33. The fraction of sp³-hybridized carbons (Fsp3) is 0.600. The van der Waals surface area contributed by atoms with Gasteiger partial charge in [-0.1, -0.05) is 25.3 Å². The molecule has 2 atom stereocenters. The largest absolute Gasteiger partial charge is 0.419 e. The Balaban J connectivity index is 0.00000242. The van der Waals surface area contributed by atoms with Crippen molar-refractivity contribution in [2.75, 3.05) is 0 Å². The van der Waals surface area contributed by atoms with Crippen molar-refractivity contribution in [2.24, 2.45) is 11.7 Å². The lowest BCUT2D eigenvalue weighted by Crippen LogP contribution is -2.34. The van der Waals surface area contributed by atoms with E-state index in [0.717, 1.165) is 44.2 Å². The maximum absolute atomic E-state index is 13.6. The molecule has 1 fully saturated rings. The molecule has 1 aromatic carbocycles. The highest BCUT2D eigenvalue weighted by Gasteiger charge is 2.35. The van der Waals surface area contributed by atoms with E-state index >= 15 is 0 Å². The van der Waals surface area contributed by atoms with Crippen LogP contribution in [0, 0.1) is 11.7 Å². The van der Waals surface area contributed by atoms with E-state index in [1.165, 1.54) is 0 Å². The molecule has 0 aromatic heterocycles. The maximum atomic E-state index is 13.6. The van der Waals surface area contributed by atoms with Crippen LogP contribution in [0.3, 0.4) is 0 Å². The number of hydrogen-bond donors (Lipinski definition) is 2. The third-order valence-electron chi connectivity index (χ3n) is 4.18. The van der Waals surface area contributed by atoms with Crippen LogP contribution >= 0.6 is 12.4 Å². The number of hydrogen-bond acceptors (Lipinski definition) is 2. The van der Waals surface area contributed by atoms with Crippen molar-refractivity contribution in [1.29, 1.82) is 0 Å². The Kier molecular flexibility index (Phi) is 6.65. The van der Waals surface area contributed by atoms with E-state index in [4.69, 9.17) is 5.73 Å². The van der Waals surface area contributed by atoms with Gasteiger partial charge in [0, 0.05) is 0 Å². The molecule has 3 N–H and O–H groups in total. The minimum Gasteiger partial charge on any atom is -0.391 e. The van der Waals surface area contributed by atoms with Crippen LogP contribution in [0.2, 0.25) is 0 Å². The summed E-state index contributed by atoms with van der Waals surface area (Å²) in [5.74, 6) is -1.33. The van der Waals surface area contributed by atoms with E-state index in [1.807, 2.05) is 0 Å². The molecule has 1 saturated carbocycles. The van der Waals surface area contributed by atoms with E-state index in [1.54, 1.807) is 0 Å². The van der Waals surface area contributed by atoms with Crippen LogP contribution in [0.25, 0.3) is 0 Å². The van der Waals surface area contributed by atoms with E-state index in [9.17, 15) is 22.7 Å². The standard InChI is InChI=1S/C15H19F4NO.ClH/c16-12-8-10(6-7-11(12)15(17,18)19)13(20)14(21)9-4-2-1-3-5-9;/h6-9,13-14,21H,1-5,20H2;1H/t13-,14+;/m1./s1. The fourth-order valence-corrected chi connectivity index (χ4v) is 2.93. The summed E-state index contributed by atoms with van der Waals surface area (Å²) in [7, 11) is 0. The first-order valence-corrected chi connectivity index (χ1v) is 7.11. The number of benzene rings is 1. The molecule has 2 nitrogen and oxygen atoms in total. The summed E-state index contributed by atoms with van der Waals surface area (Å²) in [4.78, 5) is 0. The zero-order valence-electron chi connectivity index (χ0n) is 11.9. The first-order chi connectivity index (χ1) is 9.80. The average Bonchev–Trinajstić information content (AvgIpc) is 2.45. The molecule has 0 unspecified atom stereocenters. The van der Waals surface area contributed by atoms with Crippen LogP contribution in [-0.2, 0) is 6.18 Å². The Labute approximate surface area is 133 Å². The summed E-state index contributed by atoms with van der Waals surface area (Å²) in [6, 6.07) is 1.73. The Bertz CT molecular complexity index is 489. The Morgan fingerprint density at radius 3 is 2.23 bits per heavy atom. The molecule has 126 valence electrons. The highest BCUT2D eigenvalue weighted by molar-refractivity contribution is 5.85. The van der Waals surface area contributed by atoms with Crippen LogP contribution < -0.4 is 5.73 Å². The predicted molar refractivity (Wildman–Crippen MR) is 78.2 cm³/mol. The quantitative estimate of drug-likeness (QED) is 0.809. The van der Waals surface area contributed by atoms with Crippen molar-refractivity contribution < 1.29 is 22.7 Å². The molecule has 2 rings (SSSR count). The first kappa shape index (κ1) is 19.2. The minimum absolute atomic E-state index is 0. The number of alkyl halides is 3. The number of aliphatic hydroxyl groups excluding tert-OH is 1. The summed E-state index contributed by atoms with van der Waals surface area (Å²) in [6.45, 7) is 0. The molecule has 0 amide bonds. The van der Waals surface area contributed by atoms with E-state index in [0.29, 0.717) is 6.07 Å². The predicted octanol–water partition coefficient (Wildman–Crippen LogP) is 4.21. The van der Waals surface area contributed by atoms with Crippen LogP contribution in [0.4, 0.5) is 17.6 Å². The highest BCUT2D eigenvalue weighted by Crippen LogP contribution is 2.34. The Hall–Kier alpha value is -0.850. The molecule has 0 heterocycles. The normalized spacial score (nSPS) is 19.4. The molecule has 1 aliphatic carbocycles. The van der Waals surface area contributed by atoms with Gasteiger partial charge >= 0.3 is 6.18 Å². The Morgan fingerprint density at radius 2 is 1.73 bits per heavy atom. The lowest BCUT2D eigenvalue weighted by atomic mass is 9.81. The van der Waals surface area contributed by atoms with Gasteiger partial charge < -0.3 is 10.8 Å². The van der Waals surface area contributed by atoms with Crippen molar-refractivity contribution in [3.05, 3.63) is 35.1 Å². The van der Waals surface area contributed by atoms with E-state index in [2.05, 4.69) is 0 Å². The molecule has 1 aromatic rings. The molecule has 1 aliphatic rings. The van der Waals surface area contributed by atoms with Crippen LogP contribution in [0.1, 0.15) is 49.3 Å². The lowest BCUT2D eigenvalue weighted by molar-refractivity contribution is -0.140. The highest BCUT2D eigenvalue weighted by atomic mass is 35.5. The maximum Gasteiger partial charge on any atom is 0.419 e. The van der Waals surface area contributed by atoms with Gasteiger partial charge in [0.1, 0.15) is 5.82 Å². The van der Waals surface area contributed by atoms with Crippen molar-refractivity contribution in [2.45, 2.75) is 50.4 Å². The smallest absolute Gasteiger partial charge is 0.391 e. The SMILES string of the molecule is Cl.N[C@H](c1ccc(C(F)(F)F)c(F)c1)[C@@H](O)C1CCCCC1. The number of halogens is 5. The van der Waals surface area contributed by atoms with Gasteiger partial charge in [0.2, 0.25) is 0 Å². The molecule has 0 saturated heterocycles. The van der Waals surface area contributed by atoms with Gasteiger partial charge in [0.05, 0.1) is 17.7 Å². The second-order valence-corrected chi connectivity index (χ2v) is 5.65. The van der Waals surface area contributed by atoms with Gasteiger partial charge in [-0.15, -0.1) is 12.4 Å². The zero-order valence-corrected chi connectivity index (χ0v) is 12.8. The molecule has 0 aliphatic heterocycles. The van der Waals surface area contributed by atoms with Gasteiger partial charge in [-0.2, -0.15) is 13.2 Å². The van der Waals surface area contributed by atoms with Crippen LogP contribution in [0.15, 0.2) is 18.2 Å². The molecule has 7 heteroatoms. The lowest BCUT2D eigenvalue weighted by Gasteiger charge is -2.30. The molecular weight excluding hydrogens is 322 g/mol. The second kappa shape index (κ2) is 7.62. The molecule has 0 bridgehead atoms. The first-order valence-electron chi connectivity index (χ1n) is 7.11. The molecule has 0 radical (unpaired) electrons. The summed E-state index contributed by atoms with van der Waals surface area (Å²) < 4.78 is 51.1. The van der Waals surface area contributed by atoms with Gasteiger partial charge in [0.25, 0.3) is 0 Å². The van der Waals surface area contributed by atoms with Crippen molar-refractivity contribution in [3.8, 4) is 0 Å². The number of nitrogens with two attached hydrogens (primary N) is 1.